The lowest BCUT2D eigenvalue weighted by Crippen LogP contribution is -1.92. The Balaban J connectivity index is 2.22. The molecule has 3 aromatic rings. The van der Waals surface area contributed by atoms with Gasteiger partial charge in [-0.1, -0.05) is 30.3 Å². The number of hydrogen-bond donors (Lipinski definition) is 2. The highest BCUT2D eigenvalue weighted by molar-refractivity contribution is 5.88. The summed E-state index contributed by atoms with van der Waals surface area (Å²) in [6, 6.07) is 11.1. The molecular weight excluding hydrogens is 272 g/mol. The van der Waals surface area contributed by atoms with E-state index in [9.17, 15) is 8.78 Å². The van der Waals surface area contributed by atoms with Crippen molar-refractivity contribution < 1.29 is 8.78 Å². The predicted octanol–water partition coefficient (Wildman–Crippen LogP) is 3.91. The maximum atomic E-state index is 14.0. The van der Waals surface area contributed by atoms with Gasteiger partial charge < -0.3 is 5.73 Å². The van der Waals surface area contributed by atoms with Crippen molar-refractivity contribution in [3.63, 3.8) is 0 Å². The molecule has 3 N–H and O–H groups in total. The molecule has 3 rings (SSSR count). The first-order valence-electron chi connectivity index (χ1n) is 6.43. The van der Waals surface area contributed by atoms with Crippen LogP contribution in [0.3, 0.4) is 0 Å². The van der Waals surface area contributed by atoms with Crippen LogP contribution in [0.1, 0.15) is 5.56 Å². The average molecular weight is 285 g/mol. The number of nitrogens with one attached hydrogen (secondary N) is 1. The van der Waals surface area contributed by atoms with Gasteiger partial charge in [-0.3, -0.25) is 5.10 Å². The average Bonchev–Trinajstić information content (AvgIpc) is 2.84. The van der Waals surface area contributed by atoms with E-state index in [-0.39, 0.29) is 11.6 Å². The number of rotatable bonds is 2. The molecule has 5 heteroatoms. The molecule has 0 aliphatic heterocycles. The van der Waals surface area contributed by atoms with Gasteiger partial charge in [-0.05, 0) is 24.6 Å². The van der Waals surface area contributed by atoms with Gasteiger partial charge in [-0.25, -0.2) is 8.78 Å². The number of halogens is 2. The van der Waals surface area contributed by atoms with Crippen LogP contribution in [0.2, 0.25) is 0 Å². The summed E-state index contributed by atoms with van der Waals surface area (Å²) in [5.41, 5.74) is 8.23. The van der Waals surface area contributed by atoms with Crippen molar-refractivity contribution in [2.45, 2.75) is 6.92 Å². The van der Waals surface area contributed by atoms with E-state index in [0.29, 0.717) is 27.9 Å². The Labute approximate surface area is 120 Å². The van der Waals surface area contributed by atoms with Crippen molar-refractivity contribution in [3.05, 3.63) is 59.7 Å². The third kappa shape index (κ3) is 2.27. The molecule has 0 saturated heterocycles. The number of anilines is 1. The summed E-state index contributed by atoms with van der Waals surface area (Å²) in [4.78, 5) is 0. The van der Waals surface area contributed by atoms with E-state index in [1.54, 1.807) is 37.3 Å². The number of nitrogens with two attached hydrogens (primary N) is 1. The van der Waals surface area contributed by atoms with Gasteiger partial charge >= 0.3 is 0 Å². The summed E-state index contributed by atoms with van der Waals surface area (Å²) in [5, 5.41) is 6.68. The van der Waals surface area contributed by atoms with E-state index < -0.39 is 5.82 Å². The molecule has 2 aromatic carbocycles. The van der Waals surface area contributed by atoms with E-state index in [4.69, 9.17) is 5.73 Å². The van der Waals surface area contributed by atoms with Gasteiger partial charge in [0.2, 0.25) is 0 Å². The first kappa shape index (κ1) is 13.3. The van der Waals surface area contributed by atoms with Crippen LogP contribution in [0.4, 0.5) is 14.6 Å². The second-order valence-electron chi connectivity index (χ2n) is 4.80. The number of nitrogen functional groups attached to an aromatic ring is 1. The largest absolute Gasteiger partial charge is 0.382 e. The number of nitrogens with zero attached hydrogens (tertiary/aromatic N) is 1. The van der Waals surface area contributed by atoms with Crippen LogP contribution in [-0.4, -0.2) is 10.2 Å². The zero-order valence-corrected chi connectivity index (χ0v) is 11.3. The SMILES string of the molecule is Cc1ccc(-c2[nH]nc(N)c2-c2ccccc2F)cc1F. The predicted molar refractivity (Wildman–Crippen MR) is 78.5 cm³/mol. The molecule has 3 nitrogen and oxygen atoms in total. The highest BCUT2D eigenvalue weighted by atomic mass is 19.1. The van der Waals surface area contributed by atoms with E-state index in [1.807, 2.05) is 0 Å². The van der Waals surface area contributed by atoms with E-state index in [2.05, 4.69) is 10.2 Å². The van der Waals surface area contributed by atoms with Gasteiger partial charge in [0.1, 0.15) is 11.6 Å². The van der Waals surface area contributed by atoms with Crippen LogP contribution in [0.25, 0.3) is 22.4 Å². The molecule has 1 aromatic heterocycles. The van der Waals surface area contributed by atoms with Gasteiger partial charge in [0, 0.05) is 11.1 Å². The molecule has 106 valence electrons. The van der Waals surface area contributed by atoms with E-state index >= 15 is 0 Å². The Bertz CT molecular complexity index is 809. The number of H-pyrrole nitrogens is 1. The lowest BCUT2D eigenvalue weighted by molar-refractivity contribution is 0.619. The molecular formula is C16H13F2N3. The Morgan fingerprint density at radius 3 is 2.52 bits per heavy atom. The van der Waals surface area contributed by atoms with Crippen molar-refractivity contribution in [2.75, 3.05) is 5.73 Å². The maximum Gasteiger partial charge on any atom is 0.153 e. The molecule has 0 amide bonds. The summed E-state index contributed by atoms with van der Waals surface area (Å²) in [7, 11) is 0. The summed E-state index contributed by atoms with van der Waals surface area (Å²) in [6.07, 6.45) is 0. The molecule has 21 heavy (non-hydrogen) atoms. The molecule has 0 spiro atoms. The van der Waals surface area contributed by atoms with Crippen LogP contribution in [-0.2, 0) is 0 Å². The van der Waals surface area contributed by atoms with E-state index in [1.165, 1.54) is 12.1 Å². The number of aromatic nitrogens is 2. The van der Waals surface area contributed by atoms with Crippen LogP contribution in [0.15, 0.2) is 42.5 Å². The van der Waals surface area contributed by atoms with Crippen molar-refractivity contribution >= 4 is 5.82 Å². The first-order chi connectivity index (χ1) is 10.1. The minimum atomic E-state index is -0.403. The molecule has 0 fully saturated rings. The smallest absolute Gasteiger partial charge is 0.153 e. The molecule has 0 unspecified atom stereocenters. The molecule has 0 saturated carbocycles. The summed E-state index contributed by atoms with van der Waals surface area (Å²) >= 11 is 0. The number of aromatic amines is 1. The van der Waals surface area contributed by atoms with Crippen molar-refractivity contribution in [1.82, 2.24) is 10.2 Å². The Morgan fingerprint density at radius 1 is 1.05 bits per heavy atom. The summed E-state index contributed by atoms with van der Waals surface area (Å²) in [5.74, 6) is -0.560. The van der Waals surface area contributed by atoms with Crippen LogP contribution in [0, 0.1) is 18.6 Å². The molecule has 1 heterocycles. The maximum absolute atomic E-state index is 14.0. The van der Waals surface area contributed by atoms with Gasteiger partial charge in [-0.2, -0.15) is 5.10 Å². The minimum absolute atomic E-state index is 0.177. The van der Waals surface area contributed by atoms with Crippen molar-refractivity contribution in [1.29, 1.82) is 0 Å². The second-order valence-corrected chi connectivity index (χ2v) is 4.80. The van der Waals surface area contributed by atoms with Gasteiger partial charge in [0.25, 0.3) is 0 Å². The standard InChI is InChI=1S/C16H13F2N3/c1-9-6-7-10(8-13(9)18)15-14(16(19)21-20-15)11-4-2-3-5-12(11)17/h2-8H,1H3,(H3,19,20,21). The van der Waals surface area contributed by atoms with Gasteiger partial charge in [-0.15, -0.1) is 0 Å². The summed E-state index contributed by atoms with van der Waals surface area (Å²) < 4.78 is 27.7. The van der Waals surface area contributed by atoms with Gasteiger partial charge in [0.05, 0.1) is 11.3 Å². The fourth-order valence-corrected chi connectivity index (χ4v) is 2.25. The monoisotopic (exact) mass is 285 g/mol. The third-order valence-electron chi connectivity index (χ3n) is 3.40. The Kier molecular flexibility index (Phi) is 3.17. The fraction of sp³-hybridized carbons (Fsp3) is 0.0625. The summed E-state index contributed by atoms with van der Waals surface area (Å²) in [6.45, 7) is 1.68. The highest BCUT2D eigenvalue weighted by Crippen LogP contribution is 2.36. The van der Waals surface area contributed by atoms with Crippen molar-refractivity contribution in [2.24, 2.45) is 0 Å². The molecule has 0 aliphatic rings. The van der Waals surface area contributed by atoms with Crippen LogP contribution in [0.5, 0.6) is 0 Å². The Hall–Kier alpha value is -2.69. The first-order valence-corrected chi connectivity index (χ1v) is 6.43. The molecule has 0 radical (unpaired) electrons. The Morgan fingerprint density at radius 2 is 1.81 bits per heavy atom. The molecule has 0 bridgehead atoms. The third-order valence-corrected chi connectivity index (χ3v) is 3.40. The van der Waals surface area contributed by atoms with Crippen LogP contribution < -0.4 is 5.73 Å². The molecule has 0 aliphatic carbocycles. The normalized spacial score (nSPS) is 10.8. The van der Waals surface area contributed by atoms with Crippen molar-refractivity contribution in [3.8, 4) is 22.4 Å². The lowest BCUT2D eigenvalue weighted by Gasteiger charge is -2.07. The second kappa shape index (κ2) is 5.01. The quantitative estimate of drug-likeness (QED) is 0.750. The number of hydrogen-bond acceptors (Lipinski definition) is 2. The minimum Gasteiger partial charge on any atom is -0.382 e. The lowest BCUT2D eigenvalue weighted by atomic mass is 9.99. The van der Waals surface area contributed by atoms with Crippen LogP contribution >= 0.6 is 0 Å². The fourth-order valence-electron chi connectivity index (χ4n) is 2.25. The zero-order chi connectivity index (χ0) is 15.0. The van der Waals surface area contributed by atoms with Gasteiger partial charge in [0.15, 0.2) is 5.82 Å². The number of benzene rings is 2. The van der Waals surface area contributed by atoms with E-state index in [0.717, 1.165) is 0 Å². The molecule has 0 atom stereocenters. The topological polar surface area (TPSA) is 54.7 Å². The zero-order valence-electron chi connectivity index (χ0n) is 11.3. The highest BCUT2D eigenvalue weighted by Gasteiger charge is 2.18. The number of aryl methyl sites for hydroxylation is 1.